The van der Waals surface area contributed by atoms with E-state index in [9.17, 15) is 0 Å². The van der Waals surface area contributed by atoms with E-state index in [1.807, 2.05) is 0 Å². The molecule has 1 atom stereocenters. The van der Waals surface area contributed by atoms with Crippen molar-refractivity contribution in [1.29, 1.82) is 0 Å². The Morgan fingerprint density at radius 1 is 1.21 bits per heavy atom. The van der Waals surface area contributed by atoms with Gasteiger partial charge in [0.2, 0.25) is 0 Å². The summed E-state index contributed by atoms with van der Waals surface area (Å²) in [6.07, 6.45) is 8.62. The fourth-order valence-corrected chi connectivity index (χ4v) is 2.38. The van der Waals surface area contributed by atoms with Crippen LogP contribution in [0.4, 0.5) is 0 Å². The molecule has 2 nitrogen and oxygen atoms in total. The highest BCUT2D eigenvalue weighted by Crippen LogP contribution is 2.31. The predicted octanol–water partition coefficient (Wildman–Crippen LogP) is 1.86. The lowest BCUT2D eigenvalue weighted by Crippen LogP contribution is -2.43. The molecule has 1 unspecified atom stereocenters. The van der Waals surface area contributed by atoms with Crippen molar-refractivity contribution in [2.24, 2.45) is 5.92 Å². The molecule has 1 N–H and O–H groups in total. The molecule has 0 spiro atoms. The van der Waals surface area contributed by atoms with E-state index in [0.717, 1.165) is 12.0 Å². The maximum atomic E-state index is 3.62. The minimum Gasteiger partial charge on any atom is -0.315 e. The van der Waals surface area contributed by atoms with Crippen LogP contribution in [0.15, 0.2) is 0 Å². The van der Waals surface area contributed by atoms with Crippen molar-refractivity contribution in [3.8, 4) is 0 Å². The van der Waals surface area contributed by atoms with Crippen molar-refractivity contribution in [3.63, 3.8) is 0 Å². The molecule has 1 saturated carbocycles. The van der Waals surface area contributed by atoms with Gasteiger partial charge in [-0.25, -0.2) is 0 Å². The van der Waals surface area contributed by atoms with E-state index >= 15 is 0 Å². The van der Waals surface area contributed by atoms with Gasteiger partial charge in [0.1, 0.15) is 0 Å². The second-order valence-corrected chi connectivity index (χ2v) is 5.07. The van der Waals surface area contributed by atoms with Crippen LogP contribution in [0.1, 0.15) is 38.5 Å². The fourth-order valence-electron chi connectivity index (χ4n) is 2.38. The van der Waals surface area contributed by atoms with E-state index in [0.29, 0.717) is 0 Å². The average molecular weight is 196 g/mol. The summed E-state index contributed by atoms with van der Waals surface area (Å²) in [5.41, 5.74) is 0. The zero-order valence-corrected chi connectivity index (χ0v) is 9.47. The Labute approximate surface area is 88.1 Å². The number of nitrogens with zero attached hydrogens (tertiary/aromatic N) is 1. The molecule has 0 amide bonds. The number of hydrogen-bond acceptors (Lipinski definition) is 2. The molecule has 0 aromatic rings. The monoisotopic (exact) mass is 196 g/mol. The topological polar surface area (TPSA) is 15.3 Å². The van der Waals surface area contributed by atoms with Crippen molar-refractivity contribution in [2.45, 2.75) is 44.6 Å². The van der Waals surface area contributed by atoms with Crippen LogP contribution < -0.4 is 5.32 Å². The lowest BCUT2D eigenvalue weighted by Gasteiger charge is -2.32. The second-order valence-electron chi connectivity index (χ2n) is 5.07. The summed E-state index contributed by atoms with van der Waals surface area (Å²) in [5.74, 6) is 1.08. The summed E-state index contributed by atoms with van der Waals surface area (Å²) in [6.45, 7) is 3.76. The van der Waals surface area contributed by atoms with Crippen molar-refractivity contribution in [1.82, 2.24) is 10.2 Å². The first-order chi connectivity index (χ1) is 6.86. The lowest BCUT2D eigenvalue weighted by atomic mass is 10.0. The third-order valence-corrected chi connectivity index (χ3v) is 3.73. The minimum absolute atomic E-state index is 0.808. The Kier molecular flexibility index (Phi) is 3.82. The van der Waals surface area contributed by atoms with Gasteiger partial charge in [-0.15, -0.1) is 0 Å². The zero-order valence-electron chi connectivity index (χ0n) is 9.47. The van der Waals surface area contributed by atoms with Crippen LogP contribution in [0.2, 0.25) is 0 Å². The summed E-state index contributed by atoms with van der Waals surface area (Å²) in [6, 6.07) is 0.808. The van der Waals surface area contributed by atoms with Crippen LogP contribution in [0.5, 0.6) is 0 Å². The third-order valence-electron chi connectivity index (χ3n) is 3.73. The van der Waals surface area contributed by atoms with E-state index in [1.165, 1.54) is 58.2 Å². The Morgan fingerprint density at radius 2 is 2.07 bits per heavy atom. The van der Waals surface area contributed by atoms with Gasteiger partial charge in [0, 0.05) is 12.6 Å². The van der Waals surface area contributed by atoms with Crippen LogP contribution in [-0.4, -0.2) is 37.6 Å². The number of nitrogens with one attached hydrogen (secondary N) is 1. The second kappa shape index (κ2) is 5.13. The minimum atomic E-state index is 0.808. The van der Waals surface area contributed by atoms with Gasteiger partial charge in [-0.1, -0.05) is 19.3 Å². The van der Waals surface area contributed by atoms with Crippen LogP contribution in [-0.2, 0) is 0 Å². The Balaban J connectivity index is 1.53. The summed E-state index contributed by atoms with van der Waals surface area (Å²) < 4.78 is 0. The van der Waals surface area contributed by atoms with E-state index < -0.39 is 0 Å². The SMILES string of the molecule is CN1CCCCC1CNCCC1CC1. The Morgan fingerprint density at radius 3 is 2.79 bits per heavy atom. The molecule has 0 aromatic carbocycles. The number of likely N-dealkylation sites (N-methyl/N-ethyl adjacent to an activating group) is 1. The summed E-state index contributed by atoms with van der Waals surface area (Å²) >= 11 is 0. The molecule has 0 aromatic heterocycles. The van der Waals surface area contributed by atoms with Gasteiger partial charge >= 0.3 is 0 Å². The molecule has 1 aliphatic heterocycles. The first kappa shape index (κ1) is 10.4. The molecule has 1 aliphatic carbocycles. The molecule has 2 fully saturated rings. The highest BCUT2D eigenvalue weighted by Gasteiger charge is 2.21. The van der Waals surface area contributed by atoms with Crippen LogP contribution in [0.25, 0.3) is 0 Å². The molecule has 82 valence electrons. The van der Waals surface area contributed by atoms with Crippen LogP contribution >= 0.6 is 0 Å². The molecule has 2 aliphatic rings. The van der Waals surface area contributed by atoms with Crippen molar-refractivity contribution >= 4 is 0 Å². The fraction of sp³-hybridized carbons (Fsp3) is 1.00. The number of rotatable bonds is 5. The molecule has 2 heteroatoms. The van der Waals surface area contributed by atoms with E-state index in [2.05, 4.69) is 17.3 Å². The van der Waals surface area contributed by atoms with E-state index in [4.69, 9.17) is 0 Å². The zero-order chi connectivity index (χ0) is 9.80. The Hall–Kier alpha value is -0.0800. The van der Waals surface area contributed by atoms with Gasteiger partial charge in [0.05, 0.1) is 0 Å². The standard InChI is InChI=1S/C12H24N2/c1-14-9-3-2-4-12(14)10-13-8-7-11-5-6-11/h11-13H,2-10H2,1H3. The van der Waals surface area contributed by atoms with Gasteiger partial charge in [0.25, 0.3) is 0 Å². The van der Waals surface area contributed by atoms with E-state index in [1.54, 1.807) is 0 Å². The summed E-state index contributed by atoms with van der Waals surface area (Å²) in [4.78, 5) is 2.52. The predicted molar refractivity (Wildman–Crippen MR) is 60.5 cm³/mol. The number of likely N-dealkylation sites (tertiary alicyclic amines) is 1. The van der Waals surface area contributed by atoms with Gasteiger partial charge in [-0.3, -0.25) is 0 Å². The summed E-state index contributed by atoms with van der Waals surface area (Å²) in [5, 5.41) is 3.62. The molecule has 0 bridgehead atoms. The largest absolute Gasteiger partial charge is 0.315 e. The van der Waals surface area contributed by atoms with Gasteiger partial charge in [0.15, 0.2) is 0 Å². The first-order valence-corrected chi connectivity index (χ1v) is 6.27. The molecule has 0 radical (unpaired) electrons. The smallest absolute Gasteiger partial charge is 0.0217 e. The molecular formula is C12H24N2. The average Bonchev–Trinajstić information content (AvgIpc) is 2.99. The van der Waals surface area contributed by atoms with Gasteiger partial charge in [-0.05, 0) is 45.3 Å². The molecular weight excluding hydrogens is 172 g/mol. The third kappa shape index (κ3) is 3.25. The van der Waals surface area contributed by atoms with E-state index in [-0.39, 0.29) is 0 Å². The normalized spacial score (nSPS) is 29.4. The van der Waals surface area contributed by atoms with Crippen molar-refractivity contribution in [3.05, 3.63) is 0 Å². The first-order valence-electron chi connectivity index (χ1n) is 6.27. The maximum Gasteiger partial charge on any atom is 0.0217 e. The highest BCUT2D eigenvalue weighted by atomic mass is 15.2. The molecule has 14 heavy (non-hydrogen) atoms. The maximum absolute atomic E-state index is 3.62. The highest BCUT2D eigenvalue weighted by molar-refractivity contribution is 4.78. The number of hydrogen-bond donors (Lipinski definition) is 1. The lowest BCUT2D eigenvalue weighted by molar-refractivity contribution is 0.181. The van der Waals surface area contributed by atoms with Crippen LogP contribution in [0, 0.1) is 5.92 Å². The molecule has 1 saturated heterocycles. The number of piperidine rings is 1. The quantitative estimate of drug-likeness (QED) is 0.675. The van der Waals surface area contributed by atoms with Gasteiger partial charge in [-0.2, -0.15) is 0 Å². The van der Waals surface area contributed by atoms with Crippen molar-refractivity contribution < 1.29 is 0 Å². The van der Waals surface area contributed by atoms with Gasteiger partial charge < -0.3 is 10.2 Å². The van der Waals surface area contributed by atoms with Crippen molar-refractivity contribution in [2.75, 3.05) is 26.7 Å². The molecule has 2 rings (SSSR count). The Bertz CT molecular complexity index is 166. The summed E-state index contributed by atoms with van der Waals surface area (Å²) in [7, 11) is 2.27. The molecule has 1 heterocycles. The van der Waals surface area contributed by atoms with Crippen LogP contribution in [0.3, 0.4) is 0 Å².